The summed E-state index contributed by atoms with van der Waals surface area (Å²) in [6.07, 6.45) is 1.52. The van der Waals surface area contributed by atoms with Gasteiger partial charge in [0, 0.05) is 18.7 Å². The van der Waals surface area contributed by atoms with Gasteiger partial charge in [-0.05, 0) is 42.3 Å². The third-order valence-electron chi connectivity index (χ3n) is 7.58. The van der Waals surface area contributed by atoms with Crippen molar-refractivity contribution in [3.63, 3.8) is 0 Å². The number of methoxy groups -OCH3 is 1. The van der Waals surface area contributed by atoms with Gasteiger partial charge in [0.1, 0.15) is 35.0 Å². The lowest BCUT2D eigenvalue weighted by Crippen LogP contribution is -2.36. The SMILES string of the molecule is CCC(C=C1Oc2ccc(OC)cc2N1CCCS(=O)(=O)O)=c1s/c(=c2/o/c(=C3/SC(=O)N(CC(=O)O)C3=O)n(CC(=O)O)c2=O)n(CC(=O)O)c1=O. The summed E-state index contributed by atoms with van der Waals surface area (Å²) >= 11 is 0.795. The number of amides is 2. The molecule has 0 atom stereocenters. The van der Waals surface area contributed by atoms with Gasteiger partial charge in [-0.15, -0.1) is 11.3 Å². The number of hydrogen-bond acceptors (Lipinski definition) is 15. The number of oxazole rings is 1. The average Bonchev–Trinajstić information content (AvgIpc) is 3.76. The Morgan fingerprint density at radius 3 is 2.21 bits per heavy atom. The molecule has 0 radical (unpaired) electrons. The Balaban J connectivity index is 1.80. The zero-order valence-corrected chi connectivity index (χ0v) is 29.9. The molecule has 53 heavy (non-hydrogen) atoms. The molecule has 5 rings (SSSR count). The number of fused-ring (bicyclic) bond motifs is 1. The molecule has 20 nitrogen and oxygen atoms in total. The van der Waals surface area contributed by atoms with Crippen molar-refractivity contribution in [3.05, 3.63) is 71.0 Å². The van der Waals surface area contributed by atoms with Crippen molar-refractivity contribution in [1.82, 2.24) is 14.0 Å². The van der Waals surface area contributed by atoms with Crippen molar-refractivity contribution in [2.24, 2.45) is 0 Å². The summed E-state index contributed by atoms with van der Waals surface area (Å²) in [5.41, 5.74) is -2.86. The Morgan fingerprint density at radius 2 is 1.60 bits per heavy atom. The largest absolute Gasteiger partial charge is 0.497 e. The van der Waals surface area contributed by atoms with E-state index < -0.39 is 91.5 Å². The highest BCUT2D eigenvalue weighted by Crippen LogP contribution is 2.42. The number of imide groups is 1. The molecule has 0 aliphatic carbocycles. The molecule has 2 aliphatic rings. The van der Waals surface area contributed by atoms with Crippen molar-refractivity contribution >= 4 is 78.4 Å². The molecule has 1 aromatic carbocycles. The van der Waals surface area contributed by atoms with Gasteiger partial charge in [0.15, 0.2) is 5.75 Å². The lowest BCUT2D eigenvalue weighted by molar-refractivity contribution is -0.140. The number of aromatic nitrogens is 2. The van der Waals surface area contributed by atoms with E-state index in [9.17, 15) is 56.7 Å². The number of ether oxygens (including phenoxy) is 2. The van der Waals surface area contributed by atoms with Gasteiger partial charge in [0.05, 0.1) is 23.1 Å². The average molecular weight is 797 g/mol. The summed E-state index contributed by atoms with van der Waals surface area (Å²) in [6, 6.07) is 4.83. The molecular weight excluding hydrogens is 769 g/mol. The van der Waals surface area contributed by atoms with E-state index in [-0.39, 0.29) is 51.8 Å². The van der Waals surface area contributed by atoms with Gasteiger partial charge in [-0.25, -0.2) is 0 Å². The number of benzene rings is 1. The normalized spacial score (nSPS) is 17.3. The van der Waals surface area contributed by atoms with Crippen molar-refractivity contribution in [2.75, 3.05) is 30.9 Å². The van der Waals surface area contributed by atoms with Crippen molar-refractivity contribution in [2.45, 2.75) is 32.9 Å². The summed E-state index contributed by atoms with van der Waals surface area (Å²) in [6.45, 7) is -1.46. The first kappa shape index (κ1) is 38.6. The zero-order valence-electron chi connectivity index (χ0n) is 27.5. The van der Waals surface area contributed by atoms with Gasteiger partial charge < -0.3 is 34.1 Å². The Morgan fingerprint density at radius 1 is 0.943 bits per heavy atom. The molecule has 1 fully saturated rings. The molecule has 0 bridgehead atoms. The van der Waals surface area contributed by atoms with Crippen LogP contribution in [0.3, 0.4) is 0 Å². The van der Waals surface area contributed by atoms with Crippen molar-refractivity contribution in [1.29, 1.82) is 0 Å². The molecule has 282 valence electrons. The second-order valence-corrected chi connectivity index (χ2v) is 14.6. The molecule has 2 amide bonds. The van der Waals surface area contributed by atoms with Gasteiger partial charge >= 0.3 is 17.9 Å². The summed E-state index contributed by atoms with van der Waals surface area (Å²) in [5, 5.41) is 27.3. The number of carboxylic acids is 3. The molecular formula is C30H28N4O16S3. The van der Waals surface area contributed by atoms with E-state index in [0.717, 1.165) is 0 Å². The molecule has 2 aliphatic heterocycles. The zero-order chi connectivity index (χ0) is 38.9. The maximum Gasteiger partial charge on any atom is 0.323 e. The number of thioether (sulfide) groups is 1. The van der Waals surface area contributed by atoms with Crippen molar-refractivity contribution < 1.29 is 66.2 Å². The Kier molecular flexibility index (Phi) is 11.0. The highest BCUT2D eigenvalue weighted by molar-refractivity contribution is 8.22. The van der Waals surface area contributed by atoms with Crippen LogP contribution in [0.4, 0.5) is 10.5 Å². The summed E-state index contributed by atoms with van der Waals surface area (Å²) in [5.74, 6) is -5.49. The molecule has 0 spiro atoms. The topological polar surface area (TPSA) is 282 Å². The number of aliphatic carboxylic acids is 3. The number of anilines is 1. The number of carbonyl (C=O) groups is 5. The fraction of sp³-hybridized carbons (Fsp3) is 0.300. The van der Waals surface area contributed by atoms with Crippen LogP contribution in [0.15, 0.2) is 44.2 Å². The van der Waals surface area contributed by atoms with Crippen LogP contribution in [0.25, 0.3) is 10.5 Å². The molecule has 3 aromatic rings. The van der Waals surface area contributed by atoms with Crippen LogP contribution >= 0.6 is 23.1 Å². The number of thiazole rings is 1. The van der Waals surface area contributed by atoms with Crippen LogP contribution in [-0.2, 0) is 42.4 Å². The smallest absolute Gasteiger partial charge is 0.323 e. The van der Waals surface area contributed by atoms with Gasteiger partial charge in [-0.2, -0.15) is 8.42 Å². The maximum absolute atomic E-state index is 13.9. The molecule has 23 heteroatoms. The first-order valence-corrected chi connectivity index (χ1v) is 18.4. The molecule has 4 N–H and O–H groups in total. The van der Waals surface area contributed by atoms with E-state index in [1.165, 1.54) is 13.2 Å². The molecule has 0 saturated carbocycles. The molecule has 0 unspecified atom stereocenters. The second-order valence-electron chi connectivity index (χ2n) is 11.1. The van der Waals surface area contributed by atoms with Crippen molar-refractivity contribution in [3.8, 4) is 11.5 Å². The predicted octanol–water partition coefficient (Wildman–Crippen LogP) is -0.404. The number of nitrogens with zero attached hydrogens (tertiary/aromatic N) is 4. The van der Waals surface area contributed by atoms with Crippen LogP contribution in [0, 0.1) is 10.1 Å². The van der Waals surface area contributed by atoms with Crippen LogP contribution in [-0.4, -0.2) is 97.3 Å². The van der Waals surface area contributed by atoms with Gasteiger partial charge in [-0.3, -0.25) is 52.1 Å². The predicted molar refractivity (Wildman–Crippen MR) is 183 cm³/mol. The number of carboxylic acid groups (broad SMARTS) is 3. The standard InChI is InChI=1S/C30H28N4O16S3/c1-3-14(9-18-31(7-4-8-53(45,46)47)16-10-15(48-2)5-6-17(16)49-18)23-26(42)33(12-20(37)38)29(51-23)22-25(41)32(11-19(35)36)28(50-22)24-27(43)34(13-21(39)40)30(44)52-24/h5-6,9-10H,3-4,7-8,11-13H2,1-2H3,(H,35,36)(H,37,38)(H,39,40)(H,45,46,47)/b18-9?,23-14?,28-24+,29-22+. The van der Waals surface area contributed by atoms with E-state index in [1.54, 1.807) is 30.0 Å². The number of allylic oxidation sites excluding steroid dienone is 1. The van der Waals surface area contributed by atoms with E-state index in [1.807, 2.05) is 0 Å². The fourth-order valence-corrected chi connectivity index (χ4v) is 7.85. The van der Waals surface area contributed by atoms with Gasteiger partial charge in [0.25, 0.3) is 32.4 Å². The third kappa shape index (κ3) is 8.06. The summed E-state index contributed by atoms with van der Waals surface area (Å²) in [7, 11) is -2.87. The van der Waals surface area contributed by atoms with E-state index in [0.29, 0.717) is 42.6 Å². The van der Waals surface area contributed by atoms with Crippen LogP contribution in [0.5, 0.6) is 11.5 Å². The first-order valence-electron chi connectivity index (χ1n) is 15.1. The number of rotatable bonds is 13. The van der Waals surface area contributed by atoms with Crippen LogP contribution in [0.2, 0.25) is 0 Å². The summed E-state index contributed by atoms with van der Waals surface area (Å²) < 4.78 is 49.9. The Labute approximate surface area is 304 Å². The highest BCUT2D eigenvalue weighted by Gasteiger charge is 2.39. The second kappa shape index (κ2) is 15.1. The monoisotopic (exact) mass is 796 g/mol. The van der Waals surface area contributed by atoms with E-state index in [2.05, 4.69) is 0 Å². The van der Waals surface area contributed by atoms with Gasteiger partial charge in [-0.1, -0.05) is 6.92 Å². The minimum Gasteiger partial charge on any atom is -0.497 e. The lowest BCUT2D eigenvalue weighted by atomic mass is 10.2. The molecule has 1 saturated heterocycles. The fourth-order valence-electron chi connectivity index (χ4n) is 5.28. The summed E-state index contributed by atoms with van der Waals surface area (Å²) in [4.78, 5) is 89.3. The Bertz CT molecular complexity index is 2560. The minimum atomic E-state index is -4.31. The molecule has 2 aromatic heterocycles. The Hall–Kier alpha value is -5.65. The first-order chi connectivity index (χ1) is 24.9. The van der Waals surface area contributed by atoms with E-state index in [4.69, 9.17) is 19.0 Å². The number of carbonyl (C=O) groups excluding carboxylic acids is 2. The minimum absolute atomic E-state index is 0.0158. The van der Waals surface area contributed by atoms with Gasteiger partial charge in [0.2, 0.25) is 16.8 Å². The van der Waals surface area contributed by atoms with Crippen LogP contribution in [0.1, 0.15) is 19.8 Å². The third-order valence-corrected chi connectivity index (χ3v) is 10.6. The van der Waals surface area contributed by atoms with E-state index >= 15 is 0 Å². The quantitative estimate of drug-likeness (QED) is 0.160. The number of hydrogen-bond donors (Lipinski definition) is 4. The van der Waals surface area contributed by atoms with Crippen LogP contribution < -0.4 is 35.6 Å². The molecule has 4 heterocycles. The highest BCUT2D eigenvalue weighted by atomic mass is 32.2. The maximum atomic E-state index is 13.9. The lowest BCUT2D eigenvalue weighted by Gasteiger charge is -2.18.